The molecule has 1 aromatic carbocycles. The van der Waals surface area contributed by atoms with Gasteiger partial charge in [0.2, 0.25) is 0 Å². The highest BCUT2D eigenvalue weighted by atomic mass is 19.1. The van der Waals surface area contributed by atoms with E-state index in [9.17, 15) is 4.39 Å². The lowest BCUT2D eigenvalue weighted by atomic mass is 9.76. The van der Waals surface area contributed by atoms with Crippen molar-refractivity contribution in [2.24, 2.45) is 17.8 Å². The molecule has 2 aliphatic rings. The minimum Gasteiger partial charge on any atom is -0.195 e. The zero-order valence-corrected chi connectivity index (χ0v) is 21.0. The predicted molar refractivity (Wildman–Crippen MR) is 138 cm³/mol. The summed E-state index contributed by atoms with van der Waals surface area (Å²) in [4.78, 5) is 0. The number of rotatable bonds is 12. The van der Waals surface area contributed by atoms with Crippen LogP contribution in [0, 0.1) is 29.1 Å². The smallest absolute Gasteiger partial charge is 0.195 e. The quantitative estimate of drug-likeness (QED) is 0.229. The van der Waals surface area contributed by atoms with E-state index < -0.39 is 5.83 Å². The molecule has 0 aromatic heterocycles. The normalized spacial score (nSPS) is 26.2. The van der Waals surface area contributed by atoms with Crippen molar-refractivity contribution in [1.29, 1.82) is 5.26 Å². The van der Waals surface area contributed by atoms with Crippen LogP contribution in [0.2, 0.25) is 0 Å². The molecule has 182 valence electrons. The second-order valence-electron chi connectivity index (χ2n) is 11.0. The van der Waals surface area contributed by atoms with Crippen molar-refractivity contribution in [3.8, 4) is 6.07 Å². The van der Waals surface area contributed by atoms with Crippen molar-refractivity contribution in [3.05, 3.63) is 47.3 Å². The third-order valence-electron chi connectivity index (χ3n) is 8.56. The third kappa shape index (κ3) is 9.27. The van der Waals surface area contributed by atoms with E-state index in [4.69, 9.17) is 5.26 Å². The Hall–Kier alpha value is -1.62. The average Bonchev–Trinajstić information content (AvgIpc) is 2.87. The van der Waals surface area contributed by atoms with E-state index in [1.807, 2.05) is 0 Å². The summed E-state index contributed by atoms with van der Waals surface area (Å²) >= 11 is 0. The molecule has 3 rings (SSSR count). The van der Waals surface area contributed by atoms with Crippen molar-refractivity contribution in [1.82, 2.24) is 0 Å². The van der Waals surface area contributed by atoms with Crippen LogP contribution in [-0.4, -0.2) is 0 Å². The summed E-state index contributed by atoms with van der Waals surface area (Å²) < 4.78 is 12.9. The second-order valence-corrected chi connectivity index (χ2v) is 11.0. The molecule has 0 aliphatic heterocycles. The van der Waals surface area contributed by atoms with E-state index in [1.165, 1.54) is 108 Å². The highest BCUT2D eigenvalue weighted by Gasteiger charge is 2.23. The predicted octanol–water partition coefficient (Wildman–Crippen LogP) is 9.83. The van der Waals surface area contributed by atoms with Crippen molar-refractivity contribution in [2.75, 3.05) is 0 Å². The molecule has 0 unspecified atom stereocenters. The van der Waals surface area contributed by atoms with E-state index in [-0.39, 0.29) is 0 Å². The lowest BCUT2D eigenvalue weighted by Crippen LogP contribution is -2.15. The molecule has 0 amide bonds. The maximum absolute atomic E-state index is 12.9. The lowest BCUT2D eigenvalue weighted by molar-refractivity contribution is 0.244. The molecule has 0 bridgehead atoms. The number of hydrogen-bond donors (Lipinski definition) is 0. The first kappa shape index (κ1) is 26.0. The van der Waals surface area contributed by atoms with E-state index in [0.717, 1.165) is 36.5 Å². The highest BCUT2D eigenvalue weighted by molar-refractivity contribution is 5.26. The average molecular weight is 452 g/mol. The zero-order valence-electron chi connectivity index (χ0n) is 21.0. The van der Waals surface area contributed by atoms with Crippen LogP contribution in [0.1, 0.15) is 127 Å². The van der Waals surface area contributed by atoms with Gasteiger partial charge in [0.1, 0.15) is 6.07 Å². The standard InChI is InChI=1S/C31H46FN/c1-2-3-7-25-16-20-29(21-17-25)30-22-18-27(19-23-30)9-5-4-8-26-12-14-28(15-13-26)10-6-11-31(32)24-33/h11,16-17,20-21,26-28,30H,2-10,12-15,18-19,22-23H2,1H3. The molecule has 0 radical (unpaired) electrons. The van der Waals surface area contributed by atoms with Gasteiger partial charge in [0.15, 0.2) is 5.83 Å². The van der Waals surface area contributed by atoms with Gasteiger partial charge in [0.25, 0.3) is 0 Å². The Morgan fingerprint density at radius 1 is 0.848 bits per heavy atom. The number of nitriles is 1. The van der Waals surface area contributed by atoms with Crippen molar-refractivity contribution < 1.29 is 4.39 Å². The van der Waals surface area contributed by atoms with E-state index >= 15 is 0 Å². The highest BCUT2D eigenvalue weighted by Crippen LogP contribution is 2.39. The maximum Gasteiger partial charge on any atom is 0.196 e. The Bertz CT molecular complexity index is 727. The molecule has 0 heterocycles. The van der Waals surface area contributed by atoms with Crippen LogP contribution in [0.15, 0.2) is 36.2 Å². The summed E-state index contributed by atoms with van der Waals surface area (Å²) in [6.07, 6.45) is 23.7. The number of aryl methyl sites for hydroxylation is 1. The van der Waals surface area contributed by atoms with Gasteiger partial charge in [-0.3, -0.25) is 0 Å². The van der Waals surface area contributed by atoms with Gasteiger partial charge in [0, 0.05) is 0 Å². The van der Waals surface area contributed by atoms with Crippen LogP contribution in [0.5, 0.6) is 0 Å². The molecule has 0 atom stereocenters. The van der Waals surface area contributed by atoms with Crippen LogP contribution in [0.3, 0.4) is 0 Å². The zero-order chi connectivity index (χ0) is 23.3. The molecule has 2 saturated carbocycles. The summed E-state index contributed by atoms with van der Waals surface area (Å²) in [5.74, 6) is 2.80. The number of nitrogens with zero attached hydrogens (tertiary/aromatic N) is 1. The molecule has 0 N–H and O–H groups in total. The van der Waals surface area contributed by atoms with Crippen LogP contribution in [-0.2, 0) is 6.42 Å². The van der Waals surface area contributed by atoms with E-state index in [1.54, 1.807) is 11.6 Å². The first-order chi connectivity index (χ1) is 16.2. The van der Waals surface area contributed by atoms with Crippen LogP contribution in [0.25, 0.3) is 0 Å². The summed E-state index contributed by atoms with van der Waals surface area (Å²) in [7, 11) is 0. The molecule has 2 aliphatic carbocycles. The summed E-state index contributed by atoms with van der Waals surface area (Å²) in [6.45, 7) is 2.27. The topological polar surface area (TPSA) is 23.8 Å². The first-order valence-electron chi connectivity index (χ1n) is 14.0. The van der Waals surface area contributed by atoms with Gasteiger partial charge >= 0.3 is 0 Å². The number of unbranched alkanes of at least 4 members (excludes halogenated alkanes) is 2. The number of halogens is 1. The van der Waals surface area contributed by atoms with Crippen LogP contribution in [0.4, 0.5) is 4.39 Å². The molecular weight excluding hydrogens is 405 g/mol. The second kappa shape index (κ2) is 14.6. The van der Waals surface area contributed by atoms with Crippen molar-refractivity contribution in [2.45, 2.75) is 122 Å². The number of hydrogen-bond acceptors (Lipinski definition) is 1. The van der Waals surface area contributed by atoms with Gasteiger partial charge in [-0.25, -0.2) is 0 Å². The van der Waals surface area contributed by atoms with Crippen LogP contribution < -0.4 is 0 Å². The maximum atomic E-state index is 12.9. The first-order valence-corrected chi connectivity index (χ1v) is 14.0. The minimum absolute atomic E-state index is 0.617. The van der Waals surface area contributed by atoms with Crippen molar-refractivity contribution in [3.63, 3.8) is 0 Å². The van der Waals surface area contributed by atoms with Gasteiger partial charge in [-0.1, -0.05) is 89.0 Å². The Morgan fingerprint density at radius 2 is 1.39 bits per heavy atom. The summed E-state index contributed by atoms with van der Waals surface area (Å²) in [5.41, 5.74) is 3.08. The fourth-order valence-corrected chi connectivity index (χ4v) is 6.29. The molecule has 0 spiro atoms. The summed E-state index contributed by atoms with van der Waals surface area (Å²) in [5, 5.41) is 8.49. The van der Waals surface area contributed by atoms with E-state index in [2.05, 4.69) is 31.2 Å². The molecule has 2 fully saturated rings. The van der Waals surface area contributed by atoms with Gasteiger partial charge < -0.3 is 0 Å². The summed E-state index contributed by atoms with van der Waals surface area (Å²) in [6, 6.07) is 11.1. The van der Waals surface area contributed by atoms with E-state index in [0.29, 0.717) is 0 Å². The largest absolute Gasteiger partial charge is 0.196 e. The third-order valence-corrected chi connectivity index (χ3v) is 8.56. The van der Waals surface area contributed by atoms with Crippen LogP contribution >= 0.6 is 0 Å². The Labute approximate surface area is 202 Å². The Balaban J connectivity index is 1.23. The number of benzene rings is 1. The Morgan fingerprint density at radius 3 is 1.94 bits per heavy atom. The Kier molecular flexibility index (Phi) is 11.5. The van der Waals surface area contributed by atoms with Gasteiger partial charge in [-0.15, -0.1) is 0 Å². The fraction of sp³-hybridized carbons (Fsp3) is 0.710. The van der Waals surface area contributed by atoms with Crippen molar-refractivity contribution >= 4 is 0 Å². The fourth-order valence-electron chi connectivity index (χ4n) is 6.29. The molecule has 2 heteroatoms. The lowest BCUT2D eigenvalue weighted by Gasteiger charge is -2.30. The minimum atomic E-state index is -0.617. The molecule has 1 aromatic rings. The molecule has 0 saturated heterocycles. The molecule has 1 nitrogen and oxygen atoms in total. The molecular formula is C31H46FN. The molecule has 33 heavy (non-hydrogen) atoms. The monoisotopic (exact) mass is 451 g/mol. The van der Waals surface area contributed by atoms with Gasteiger partial charge in [-0.2, -0.15) is 9.65 Å². The van der Waals surface area contributed by atoms with Gasteiger partial charge in [-0.05, 0) is 92.2 Å². The van der Waals surface area contributed by atoms with Gasteiger partial charge in [0.05, 0.1) is 0 Å². The SMILES string of the molecule is CCCCc1ccc(C2CCC(CCCCC3CCC(CCC=C(F)C#N)CC3)CC2)cc1. The number of allylic oxidation sites excluding steroid dienone is 2.